The van der Waals surface area contributed by atoms with E-state index < -0.39 is 11.9 Å². The maximum Gasteiger partial charge on any atom is 2.00 e. The summed E-state index contributed by atoms with van der Waals surface area (Å²) in [5.41, 5.74) is -0.415. The van der Waals surface area contributed by atoms with Crippen molar-refractivity contribution >= 4 is 23.5 Å². The Labute approximate surface area is 97.3 Å². The zero-order valence-corrected chi connectivity index (χ0v) is 10.7. The molecule has 0 atom stereocenters. The first-order valence-corrected chi connectivity index (χ1v) is 3.62. The predicted molar refractivity (Wildman–Crippen MR) is 40.1 cm³/mol. The Morgan fingerprint density at radius 2 is 1.71 bits per heavy atom. The van der Waals surface area contributed by atoms with Gasteiger partial charge in [0.1, 0.15) is 0 Å². The zero-order valence-electron chi connectivity index (χ0n) is 6.95. The molecule has 0 saturated carbocycles. The molecule has 1 aromatic rings. The van der Waals surface area contributed by atoms with Crippen molar-refractivity contribution < 1.29 is 39.3 Å². The molecule has 0 spiro atoms. The summed E-state index contributed by atoms with van der Waals surface area (Å²) in [6.45, 7) is 0. The Kier molecular flexibility index (Phi) is 4.74. The van der Waals surface area contributed by atoms with Gasteiger partial charge in [-0.2, -0.15) is 0 Å². The third-order valence-electron chi connectivity index (χ3n) is 1.42. The Bertz CT molecular complexity index is 378. The van der Waals surface area contributed by atoms with Crippen LogP contribution in [0.4, 0.5) is 0 Å². The smallest absolute Gasteiger partial charge is 0.545 e. The van der Waals surface area contributed by atoms with Gasteiger partial charge in [-0.3, -0.25) is 0 Å². The maximum atomic E-state index is 10.3. The molecule has 4 nitrogen and oxygen atoms in total. The predicted octanol–water partition coefficient (Wildman–Crippen LogP) is -0.936. The number of carbonyl (C=O) groups excluding carboxylic acids is 2. The molecule has 0 radical (unpaired) electrons. The minimum absolute atomic E-state index is 0. The maximum absolute atomic E-state index is 10.3. The molecule has 0 N–H and O–H groups in total. The van der Waals surface area contributed by atoms with Gasteiger partial charge in [0.15, 0.2) is 0 Å². The van der Waals surface area contributed by atoms with Crippen LogP contribution in [0.1, 0.15) is 20.7 Å². The molecule has 0 saturated heterocycles. The van der Waals surface area contributed by atoms with Crippen LogP contribution in [0, 0.1) is 0 Å². The number of benzene rings is 1. The van der Waals surface area contributed by atoms with Crippen LogP contribution in [0.2, 0.25) is 5.02 Å². The Morgan fingerprint density at radius 1 is 1.14 bits per heavy atom. The number of halogens is 1. The van der Waals surface area contributed by atoms with E-state index in [1.165, 1.54) is 0 Å². The summed E-state index contributed by atoms with van der Waals surface area (Å²) in [7, 11) is 0. The molecular formula is C8H3ClO4Zn. The van der Waals surface area contributed by atoms with Gasteiger partial charge in [0, 0.05) is 5.56 Å². The van der Waals surface area contributed by atoms with Crippen molar-refractivity contribution in [3.8, 4) is 0 Å². The zero-order chi connectivity index (χ0) is 10.0. The molecule has 0 fully saturated rings. The van der Waals surface area contributed by atoms with Gasteiger partial charge < -0.3 is 19.8 Å². The van der Waals surface area contributed by atoms with Crippen molar-refractivity contribution in [1.29, 1.82) is 0 Å². The Balaban J connectivity index is 0.00000169. The summed E-state index contributed by atoms with van der Waals surface area (Å²) in [5, 5.41) is 20.5. The fraction of sp³-hybridized carbons (Fsp3) is 0. The monoisotopic (exact) mass is 262 g/mol. The molecule has 0 aliphatic rings. The number of carboxylic acid groups (broad SMARTS) is 2. The van der Waals surface area contributed by atoms with Crippen molar-refractivity contribution in [3.05, 3.63) is 34.3 Å². The van der Waals surface area contributed by atoms with Crippen molar-refractivity contribution in [2.24, 2.45) is 0 Å². The molecule has 0 aliphatic carbocycles. The first kappa shape index (κ1) is 13.1. The summed E-state index contributed by atoms with van der Waals surface area (Å²) in [6, 6.07) is 3.15. The molecular weight excluding hydrogens is 261 g/mol. The van der Waals surface area contributed by atoms with Gasteiger partial charge in [-0.15, -0.1) is 0 Å². The summed E-state index contributed by atoms with van der Waals surface area (Å²) < 4.78 is 0. The van der Waals surface area contributed by atoms with E-state index in [1.54, 1.807) is 0 Å². The van der Waals surface area contributed by atoms with E-state index in [0.29, 0.717) is 0 Å². The number of carbonyl (C=O) groups is 2. The van der Waals surface area contributed by atoms with E-state index in [2.05, 4.69) is 0 Å². The molecule has 6 heteroatoms. The van der Waals surface area contributed by atoms with E-state index in [9.17, 15) is 19.8 Å². The van der Waals surface area contributed by atoms with Crippen LogP contribution >= 0.6 is 11.6 Å². The first-order valence-electron chi connectivity index (χ1n) is 3.24. The number of aromatic carboxylic acids is 2. The molecule has 0 unspecified atom stereocenters. The average molecular weight is 264 g/mol. The van der Waals surface area contributed by atoms with Gasteiger partial charge in [0.2, 0.25) is 0 Å². The van der Waals surface area contributed by atoms with Crippen LogP contribution in [-0.2, 0) is 19.5 Å². The average Bonchev–Trinajstić information content (AvgIpc) is 2.03. The third-order valence-corrected chi connectivity index (χ3v) is 1.74. The molecule has 1 aromatic carbocycles. The van der Waals surface area contributed by atoms with Crippen molar-refractivity contribution in [2.75, 3.05) is 0 Å². The molecule has 14 heavy (non-hydrogen) atoms. The van der Waals surface area contributed by atoms with Gasteiger partial charge in [-0.1, -0.05) is 23.7 Å². The van der Waals surface area contributed by atoms with Gasteiger partial charge in [0.05, 0.1) is 17.0 Å². The quantitative estimate of drug-likeness (QED) is 0.646. The molecule has 1 rings (SSSR count). The second-order valence-electron chi connectivity index (χ2n) is 2.27. The Hall–Kier alpha value is -0.927. The van der Waals surface area contributed by atoms with Crippen LogP contribution in [0.3, 0.4) is 0 Å². The van der Waals surface area contributed by atoms with Crippen LogP contribution in [0.5, 0.6) is 0 Å². The molecule has 0 amide bonds. The standard InChI is InChI=1S/C8H5ClO4.Zn/c9-6-3-4(7(10)11)1-2-5(6)8(12)13;/h1-3H,(H,10,11)(H,12,13);/q;+2/p-2. The normalized spacial score (nSPS) is 8.93. The summed E-state index contributed by atoms with van der Waals surface area (Å²) >= 11 is 5.46. The number of hydrogen-bond acceptors (Lipinski definition) is 4. The largest absolute Gasteiger partial charge is 2.00 e. The molecule has 68 valence electrons. The van der Waals surface area contributed by atoms with Crippen molar-refractivity contribution in [2.45, 2.75) is 0 Å². The second kappa shape index (κ2) is 5.08. The van der Waals surface area contributed by atoms with E-state index in [0.717, 1.165) is 18.2 Å². The summed E-state index contributed by atoms with van der Waals surface area (Å²) in [5.74, 6) is -2.86. The van der Waals surface area contributed by atoms with E-state index in [1.807, 2.05) is 0 Å². The summed E-state index contributed by atoms with van der Waals surface area (Å²) in [6.07, 6.45) is 0. The SMILES string of the molecule is O=C([O-])c1ccc(C(=O)[O-])c(Cl)c1.[Zn+2]. The molecule has 0 heterocycles. The van der Waals surface area contributed by atoms with Crippen LogP contribution in [0.15, 0.2) is 18.2 Å². The number of carboxylic acids is 2. The molecule has 0 bridgehead atoms. The van der Waals surface area contributed by atoms with Crippen LogP contribution in [-0.4, -0.2) is 11.9 Å². The summed E-state index contributed by atoms with van der Waals surface area (Å²) in [4.78, 5) is 20.6. The van der Waals surface area contributed by atoms with Gasteiger partial charge in [-0.05, 0) is 11.6 Å². The minimum Gasteiger partial charge on any atom is -0.545 e. The van der Waals surface area contributed by atoms with Crippen molar-refractivity contribution in [1.82, 2.24) is 0 Å². The fourth-order valence-corrected chi connectivity index (χ4v) is 1.07. The van der Waals surface area contributed by atoms with E-state index >= 15 is 0 Å². The van der Waals surface area contributed by atoms with E-state index in [4.69, 9.17) is 11.6 Å². The fourth-order valence-electron chi connectivity index (χ4n) is 0.808. The van der Waals surface area contributed by atoms with Gasteiger partial charge >= 0.3 is 19.5 Å². The van der Waals surface area contributed by atoms with Crippen LogP contribution < -0.4 is 10.2 Å². The first-order chi connectivity index (χ1) is 6.02. The van der Waals surface area contributed by atoms with Crippen LogP contribution in [0.25, 0.3) is 0 Å². The molecule has 0 aliphatic heterocycles. The van der Waals surface area contributed by atoms with Gasteiger partial charge in [0.25, 0.3) is 0 Å². The molecule has 0 aromatic heterocycles. The third kappa shape index (κ3) is 2.79. The van der Waals surface area contributed by atoms with E-state index in [-0.39, 0.29) is 35.6 Å². The number of hydrogen-bond donors (Lipinski definition) is 0. The minimum atomic E-state index is -1.45. The van der Waals surface area contributed by atoms with Gasteiger partial charge in [-0.25, -0.2) is 0 Å². The topological polar surface area (TPSA) is 80.3 Å². The van der Waals surface area contributed by atoms with Crippen molar-refractivity contribution in [3.63, 3.8) is 0 Å². The number of rotatable bonds is 2. The second-order valence-corrected chi connectivity index (χ2v) is 2.68. The Morgan fingerprint density at radius 3 is 2.07 bits per heavy atom.